The average Bonchev–Trinajstić information content (AvgIpc) is 3.06. The summed E-state index contributed by atoms with van der Waals surface area (Å²) in [6.07, 6.45) is 3.20. The number of furan rings is 1. The van der Waals surface area contributed by atoms with Crippen molar-refractivity contribution >= 4 is 40.5 Å². The van der Waals surface area contributed by atoms with E-state index >= 15 is 0 Å². The van der Waals surface area contributed by atoms with E-state index < -0.39 is 0 Å². The van der Waals surface area contributed by atoms with Crippen LogP contribution in [0.15, 0.2) is 59.3 Å². The molecule has 5 nitrogen and oxygen atoms in total. The van der Waals surface area contributed by atoms with Crippen molar-refractivity contribution in [2.24, 2.45) is 0 Å². The standard InChI is InChI=1S/C17H13Cl2N3O2/c18-11-6-12(19)8-14(7-11)22-17(23)16-4-3-13(9-21-16)20-10-15-2-1-5-24-15/h1-9,20H,10H2,(H,22,23). The Bertz CT molecular complexity index is 813. The minimum atomic E-state index is -0.342. The fourth-order valence-electron chi connectivity index (χ4n) is 2.06. The lowest BCUT2D eigenvalue weighted by atomic mass is 10.2. The normalized spacial score (nSPS) is 10.4. The number of hydrogen-bond acceptors (Lipinski definition) is 4. The molecule has 0 saturated heterocycles. The second-order valence-electron chi connectivity index (χ2n) is 4.98. The van der Waals surface area contributed by atoms with E-state index in [1.807, 2.05) is 12.1 Å². The van der Waals surface area contributed by atoms with Gasteiger partial charge in [0.2, 0.25) is 0 Å². The number of nitrogens with zero attached hydrogens (tertiary/aromatic N) is 1. The molecule has 0 saturated carbocycles. The van der Waals surface area contributed by atoms with Crippen molar-refractivity contribution < 1.29 is 9.21 Å². The molecular formula is C17H13Cl2N3O2. The van der Waals surface area contributed by atoms with Crippen molar-refractivity contribution in [3.05, 3.63) is 76.4 Å². The molecular weight excluding hydrogens is 349 g/mol. The highest BCUT2D eigenvalue weighted by Gasteiger charge is 2.09. The van der Waals surface area contributed by atoms with Gasteiger partial charge in [-0.25, -0.2) is 4.98 Å². The third-order valence-corrected chi connectivity index (χ3v) is 3.60. The largest absolute Gasteiger partial charge is 0.467 e. The summed E-state index contributed by atoms with van der Waals surface area (Å²) in [5.41, 5.74) is 1.59. The molecule has 0 aliphatic rings. The number of anilines is 2. The number of benzene rings is 1. The van der Waals surface area contributed by atoms with Gasteiger partial charge in [0, 0.05) is 15.7 Å². The van der Waals surface area contributed by atoms with E-state index in [1.165, 1.54) is 0 Å². The van der Waals surface area contributed by atoms with Crippen LogP contribution in [0.25, 0.3) is 0 Å². The van der Waals surface area contributed by atoms with Crippen molar-refractivity contribution in [3.8, 4) is 0 Å². The summed E-state index contributed by atoms with van der Waals surface area (Å²) in [6, 6.07) is 11.9. The molecule has 2 N–H and O–H groups in total. The Morgan fingerprint density at radius 2 is 1.88 bits per heavy atom. The van der Waals surface area contributed by atoms with Crippen molar-refractivity contribution in [1.82, 2.24) is 4.98 Å². The molecule has 2 heterocycles. The molecule has 1 amide bonds. The lowest BCUT2D eigenvalue weighted by Gasteiger charge is -2.07. The van der Waals surface area contributed by atoms with Gasteiger partial charge in [0.05, 0.1) is 24.7 Å². The van der Waals surface area contributed by atoms with E-state index in [2.05, 4.69) is 15.6 Å². The van der Waals surface area contributed by atoms with E-state index in [0.717, 1.165) is 11.4 Å². The van der Waals surface area contributed by atoms with Crippen LogP contribution in [0.2, 0.25) is 10.0 Å². The number of carbonyl (C=O) groups excluding carboxylic acids is 1. The number of pyridine rings is 1. The monoisotopic (exact) mass is 361 g/mol. The van der Waals surface area contributed by atoms with Crippen LogP contribution < -0.4 is 10.6 Å². The SMILES string of the molecule is O=C(Nc1cc(Cl)cc(Cl)c1)c1ccc(NCc2ccco2)cn1. The zero-order chi connectivity index (χ0) is 16.9. The van der Waals surface area contributed by atoms with Crippen LogP contribution in [-0.2, 0) is 6.54 Å². The van der Waals surface area contributed by atoms with Crippen molar-refractivity contribution in [2.75, 3.05) is 10.6 Å². The Kier molecular flexibility index (Phi) is 5.03. The van der Waals surface area contributed by atoms with Gasteiger partial charge in [-0.3, -0.25) is 4.79 Å². The number of amides is 1. The summed E-state index contributed by atoms with van der Waals surface area (Å²) in [6.45, 7) is 0.543. The van der Waals surface area contributed by atoms with E-state index in [0.29, 0.717) is 22.3 Å². The van der Waals surface area contributed by atoms with Crippen molar-refractivity contribution in [1.29, 1.82) is 0 Å². The molecule has 2 aromatic heterocycles. The van der Waals surface area contributed by atoms with E-state index in [9.17, 15) is 4.79 Å². The fraction of sp³-hybridized carbons (Fsp3) is 0.0588. The van der Waals surface area contributed by atoms with Gasteiger partial charge in [0.25, 0.3) is 5.91 Å². The van der Waals surface area contributed by atoms with Gasteiger partial charge in [-0.15, -0.1) is 0 Å². The molecule has 3 rings (SSSR count). The maximum absolute atomic E-state index is 12.2. The van der Waals surface area contributed by atoms with Gasteiger partial charge in [-0.2, -0.15) is 0 Å². The number of halogens is 2. The summed E-state index contributed by atoms with van der Waals surface area (Å²) in [5.74, 6) is 0.473. The highest BCUT2D eigenvalue weighted by molar-refractivity contribution is 6.35. The average molecular weight is 362 g/mol. The van der Waals surface area contributed by atoms with Crippen molar-refractivity contribution in [2.45, 2.75) is 6.54 Å². The first-order valence-corrected chi connectivity index (χ1v) is 7.85. The Hall–Kier alpha value is -2.50. The molecule has 0 aliphatic carbocycles. The predicted octanol–water partition coefficient (Wildman–Crippen LogP) is 4.85. The van der Waals surface area contributed by atoms with Gasteiger partial charge in [0.15, 0.2) is 0 Å². The molecule has 3 aromatic rings. The number of hydrogen-bond donors (Lipinski definition) is 2. The summed E-state index contributed by atoms with van der Waals surface area (Å²) < 4.78 is 5.23. The zero-order valence-corrected chi connectivity index (χ0v) is 13.9. The first-order chi connectivity index (χ1) is 11.6. The first-order valence-electron chi connectivity index (χ1n) is 7.10. The van der Waals surface area contributed by atoms with Crippen LogP contribution in [0.1, 0.15) is 16.2 Å². The molecule has 0 fully saturated rings. The summed E-state index contributed by atoms with van der Waals surface area (Å²) in [4.78, 5) is 16.3. The lowest BCUT2D eigenvalue weighted by molar-refractivity contribution is 0.102. The molecule has 24 heavy (non-hydrogen) atoms. The van der Waals surface area contributed by atoms with Gasteiger partial charge in [-0.05, 0) is 42.5 Å². The molecule has 0 aliphatic heterocycles. The smallest absolute Gasteiger partial charge is 0.274 e. The molecule has 7 heteroatoms. The fourth-order valence-corrected chi connectivity index (χ4v) is 2.58. The molecule has 0 spiro atoms. The van der Waals surface area contributed by atoms with Crippen molar-refractivity contribution in [3.63, 3.8) is 0 Å². The minimum absolute atomic E-state index is 0.287. The van der Waals surface area contributed by atoms with Gasteiger partial charge in [-0.1, -0.05) is 23.2 Å². The second kappa shape index (κ2) is 7.38. The van der Waals surface area contributed by atoms with Gasteiger partial charge in [0.1, 0.15) is 11.5 Å². The lowest BCUT2D eigenvalue weighted by Crippen LogP contribution is -2.13. The van der Waals surface area contributed by atoms with Gasteiger partial charge >= 0.3 is 0 Å². The quantitative estimate of drug-likeness (QED) is 0.681. The summed E-state index contributed by atoms with van der Waals surface area (Å²) in [7, 11) is 0. The highest BCUT2D eigenvalue weighted by Crippen LogP contribution is 2.22. The third-order valence-electron chi connectivity index (χ3n) is 3.16. The first kappa shape index (κ1) is 16.4. The predicted molar refractivity (Wildman–Crippen MR) is 94.7 cm³/mol. The zero-order valence-electron chi connectivity index (χ0n) is 12.4. The Morgan fingerprint density at radius 1 is 1.08 bits per heavy atom. The molecule has 0 radical (unpaired) electrons. The van der Waals surface area contributed by atoms with E-state index in [1.54, 1.807) is 42.8 Å². The van der Waals surface area contributed by atoms with Crippen LogP contribution in [0.3, 0.4) is 0 Å². The topological polar surface area (TPSA) is 67.2 Å². The maximum atomic E-state index is 12.2. The highest BCUT2D eigenvalue weighted by atomic mass is 35.5. The molecule has 0 atom stereocenters. The Balaban J connectivity index is 1.63. The van der Waals surface area contributed by atoms with E-state index in [-0.39, 0.29) is 11.6 Å². The van der Waals surface area contributed by atoms with Crippen LogP contribution in [-0.4, -0.2) is 10.9 Å². The molecule has 0 bridgehead atoms. The second-order valence-corrected chi connectivity index (χ2v) is 5.85. The molecule has 0 unspecified atom stereocenters. The molecule has 122 valence electrons. The van der Waals surface area contributed by atoms with Crippen LogP contribution in [0.5, 0.6) is 0 Å². The van der Waals surface area contributed by atoms with E-state index in [4.69, 9.17) is 27.6 Å². The maximum Gasteiger partial charge on any atom is 0.274 e. The number of rotatable bonds is 5. The number of aromatic nitrogens is 1. The minimum Gasteiger partial charge on any atom is -0.467 e. The van der Waals surface area contributed by atoms with Crippen LogP contribution in [0, 0.1) is 0 Å². The van der Waals surface area contributed by atoms with Crippen LogP contribution >= 0.6 is 23.2 Å². The third kappa shape index (κ3) is 4.28. The number of carbonyl (C=O) groups is 1. The summed E-state index contributed by atoms with van der Waals surface area (Å²) in [5, 5.41) is 6.76. The molecule has 1 aromatic carbocycles. The summed E-state index contributed by atoms with van der Waals surface area (Å²) >= 11 is 11.8. The van der Waals surface area contributed by atoms with Crippen LogP contribution in [0.4, 0.5) is 11.4 Å². The number of nitrogens with one attached hydrogen (secondary N) is 2. The van der Waals surface area contributed by atoms with Gasteiger partial charge < -0.3 is 15.1 Å². The Labute approximate surface area is 148 Å². The Morgan fingerprint density at radius 3 is 2.50 bits per heavy atom.